The molecule has 0 radical (unpaired) electrons. The van der Waals surface area contributed by atoms with Crippen molar-refractivity contribution in [1.82, 2.24) is 0 Å². The molecule has 102 heavy (non-hydrogen) atoms. The summed E-state index contributed by atoms with van der Waals surface area (Å²) in [6.07, 6.45) is 80.8. The van der Waals surface area contributed by atoms with E-state index in [-0.39, 0.29) is 25.7 Å². The van der Waals surface area contributed by atoms with Crippen LogP contribution in [-0.4, -0.2) is 96.7 Å². The summed E-state index contributed by atoms with van der Waals surface area (Å²) in [6, 6.07) is 0. The summed E-state index contributed by atoms with van der Waals surface area (Å²) in [5, 5.41) is 10.6. The molecule has 0 aliphatic heterocycles. The fourth-order valence-corrected chi connectivity index (χ4v) is 12.3. The van der Waals surface area contributed by atoms with E-state index < -0.39 is 97.5 Å². The highest BCUT2D eigenvalue weighted by molar-refractivity contribution is 7.47. The maximum absolute atomic E-state index is 13.1. The number of hydrogen-bond acceptors (Lipinski definition) is 15. The molecule has 0 fully saturated rings. The van der Waals surface area contributed by atoms with Crippen LogP contribution in [0, 0.1) is 0 Å². The van der Waals surface area contributed by atoms with E-state index >= 15 is 0 Å². The molecule has 0 spiro atoms. The Hall–Kier alpha value is -4.28. The van der Waals surface area contributed by atoms with E-state index in [1.165, 1.54) is 103 Å². The normalized spacial score (nSPS) is 14.5. The molecule has 0 aromatic carbocycles. The Bertz CT molecular complexity index is 2360. The third kappa shape index (κ3) is 74.0. The van der Waals surface area contributed by atoms with E-state index in [4.69, 9.17) is 37.0 Å². The number of phosphoric ester groups is 2. The van der Waals surface area contributed by atoms with E-state index in [2.05, 4.69) is 119 Å². The first-order valence-corrected chi connectivity index (χ1v) is 43.1. The third-order valence-corrected chi connectivity index (χ3v) is 18.7. The number of unbranched alkanes of at least 4 members (excludes halogenated alkanes) is 31. The number of rotatable bonds is 75. The Labute approximate surface area is 619 Å². The lowest BCUT2D eigenvalue weighted by Gasteiger charge is -2.21. The lowest BCUT2D eigenvalue weighted by molar-refractivity contribution is -0.161. The average molecular weight is 1480 g/mol. The topological polar surface area (TPSA) is 237 Å². The van der Waals surface area contributed by atoms with Crippen molar-refractivity contribution < 1.29 is 80.2 Å². The second-order valence-electron chi connectivity index (χ2n) is 26.6. The third-order valence-electron chi connectivity index (χ3n) is 16.8. The largest absolute Gasteiger partial charge is 0.472 e. The van der Waals surface area contributed by atoms with E-state index in [9.17, 15) is 43.2 Å². The number of carbonyl (C=O) groups is 4. The van der Waals surface area contributed by atoms with E-state index in [1.54, 1.807) is 0 Å². The van der Waals surface area contributed by atoms with Gasteiger partial charge in [-0.15, -0.1) is 0 Å². The molecule has 0 rings (SSSR count). The summed E-state index contributed by atoms with van der Waals surface area (Å²) in [4.78, 5) is 72.9. The van der Waals surface area contributed by atoms with Gasteiger partial charge in [-0.1, -0.05) is 323 Å². The van der Waals surface area contributed by atoms with Gasteiger partial charge in [-0.3, -0.25) is 37.3 Å². The zero-order valence-corrected chi connectivity index (χ0v) is 66.0. The number of allylic oxidation sites excluding steroid dienone is 18. The number of hydrogen-bond donors (Lipinski definition) is 3. The van der Waals surface area contributed by atoms with Gasteiger partial charge in [0, 0.05) is 25.7 Å². The highest BCUT2D eigenvalue weighted by atomic mass is 31.2. The van der Waals surface area contributed by atoms with Crippen molar-refractivity contribution in [3.63, 3.8) is 0 Å². The SMILES string of the molecule is CC/C=C\C/C=C\C/C=C\C/C=C\C/C=C\C/C=C\CCC(=O)OCC(COP(=O)(O)OCC(O)COP(=O)(O)OCC(COC(=O)CCCCCCCCC/C=C\C/C=C\C/C=C\CC)OC(=O)CCCCCCCCCCCCC)OC(=O)CCCCCCCCCCCCCCCCC. The van der Waals surface area contributed by atoms with Gasteiger partial charge in [0.2, 0.25) is 0 Å². The summed E-state index contributed by atoms with van der Waals surface area (Å²) >= 11 is 0. The van der Waals surface area contributed by atoms with Crippen LogP contribution in [0.15, 0.2) is 109 Å². The minimum atomic E-state index is -4.99. The molecule has 0 bridgehead atoms. The Kier molecular flexibility index (Phi) is 71.8. The van der Waals surface area contributed by atoms with Crippen molar-refractivity contribution in [2.45, 2.75) is 354 Å². The van der Waals surface area contributed by atoms with Crippen molar-refractivity contribution in [2.75, 3.05) is 39.6 Å². The van der Waals surface area contributed by atoms with Crippen LogP contribution in [0.2, 0.25) is 0 Å². The molecule has 0 aliphatic carbocycles. The van der Waals surface area contributed by atoms with Crippen LogP contribution in [-0.2, 0) is 65.4 Å². The number of carbonyl (C=O) groups excluding carboxylic acids is 4. The van der Waals surface area contributed by atoms with Crippen LogP contribution < -0.4 is 0 Å². The molecular weight excluding hydrogens is 1330 g/mol. The predicted molar refractivity (Wildman–Crippen MR) is 418 cm³/mol. The van der Waals surface area contributed by atoms with Crippen LogP contribution in [0.25, 0.3) is 0 Å². The lowest BCUT2D eigenvalue weighted by Crippen LogP contribution is -2.30. The monoisotopic (exact) mass is 1470 g/mol. The van der Waals surface area contributed by atoms with Gasteiger partial charge in [-0.05, 0) is 96.3 Å². The van der Waals surface area contributed by atoms with Gasteiger partial charge in [0.25, 0.3) is 0 Å². The summed E-state index contributed by atoms with van der Waals surface area (Å²) in [6.45, 7) is 4.59. The summed E-state index contributed by atoms with van der Waals surface area (Å²) < 4.78 is 68.5. The first-order chi connectivity index (χ1) is 49.7. The molecule has 0 saturated heterocycles. The van der Waals surface area contributed by atoms with E-state index in [0.717, 1.165) is 148 Å². The minimum absolute atomic E-state index is 0.0378. The molecule has 5 atom stereocenters. The summed E-state index contributed by atoms with van der Waals surface area (Å²) in [7, 11) is -9.97. The van der Waals surface area contributed by atoms with Gasteiger partial charge < -0.3 is 33.8 Å². The van der Waals surface area contributed by atoms with Gasteiger partial charge in [-0.25, -0.2) is 9.13 Å². The first-order valence-electron chi connectivity index (χ1n) is 40.1. The molecule has 19 heteroatoms. The Balaban J connectivity index is 5.37. The number of aliphatic hydroxyl groups excluding tert-OH is 1. The molecule has 0 saturated carbocycles. The highest BCUT2D eigenvalue weighted by Crippen LogP contribution is 2.45. The number of aliphatic hydroxyl groups is 1. The second-order valence-corrected chi connectivity index (χ2v) is 29.5. The lowest BCUT2D eigenvalue weighted by atomic mass is 10.0. The Morgan fingerprint density at radius 1 is 0.284 bits per heavy atom. The predicted octanol–water partition coefficient (Wildman–Crippen LogP) is 23.3. The van der Waals surface area contributed by atoms with Crippen molar-refractivity contribution >= 4 is 39.5 Å². The maximum atomic E-state index is 13.1. The van der Waals surface area contributed by atoms with Crippen LogP contribution in [0.5, 0.6) is 0 Å². The Morgan fingerprint density at radius 3 is 0.843 bits per heavy atom. The van der Waals surface area contributed by atoms with Crippen molar-refractivity contribution in [3.05, 3.63) is 109 Å². The van der Waals surface area contributed by atoms with Crippen LogP contribution in [0.3, 0.4) is 0 Å². The molecule has 17 nitrogen and oxygen atoms in total. The standard InChI is InChI=1S/C83H144O17P2/c1-5-9-13-17-21-25-29-32-35-37-38-40-43-45-49-52-56-60-64-68-81(86)94-74-79(100-83(88)70-66-62-58-54-50-46-41-34-31-27-23-19-15-11-7-3)76-98-102(91,92)96-72-77(84)71-95-101(89,90)97-75-78(99-82(87)69-65-61-57-53-47-28-24-20-16-12-8-4)73-93-80(85)67-63-59-55-51-48-44-42-39-36-33-30-26-22-18-14-10-6-2/h9-10,13-14,21-22,25-26,32-33,35-36,38,40,45,49,56,60,77-79,84H,5-8,11-12,15-20,23-24,27-31,34,37,39,41-44,46-48,50-55,57-59,61-76H2,1-4H3,(H,89,90)(H,91,92)/b13-9-,14-10-,25-21-,26-22-,35-32-,36-33-,40-38-,49-45-,60-56-. The van der Waals surface area contributed by atoms with E-state index in [0.29, 0.717) is 32.1 Å². The molecule has 5 unspecified atom stereocenters. The molecule has 3 N–H and O–H groups in total. The Morgan fingerprint density at radius 2 is 0.529 bits per heavy atom. The number of ether oxygens (including phenoxy) is 4. The number of phosphoric acid groups is 2. The van der Waals surface area contributed by atoms with Crippen molar-refractivity contribution in [2.24, 2.45) is 0 Å². The van der Waals surface area contributed by atoms with Gasteiger partial charge in [0.15, 0.2) is 12.2 Å². The van der Waals surface area contributed by atoms with E-state index in [1.807, 2.05) is 18.2 Å². The quantitative estimate of drug-likeness (QED) is 0.0169. The number of esters is 4. The average Bonchev–Trinajstić information content (AvgIpc) is 0.939. The summed E-state index contributed by atoms with van der Waals surface area (Å²) in [5.74, 6) is -2.26. The molecule has 588 valence electrons. The molecule has 0 aliphatic rings. The fourth-order valence-electron chi connectivity index (χ4n) is 10.7. The second kappa shape index (κ2) is 75.0. The van der Waals surface area contributed by atoms with Gasteiger partial charge in [-0.2, -0.15) is 0 Å². The smallest absolute Gasteiger partial charge is 0.462 e. The van der Waals surface area contributed by atoms with Gasteiger partial charge >= 0.3 is 39.5 Å². The van der Waals surface area contributed by atoms with Crippen LogP contribution in [0.4, 0.5) is 0 Å². The van der Waals surface area contributed by atoms with Crippen LogP contribution >= 0.6 is 15.6 Å². The maximum Gasteiger partial charge on any atom is 0.472 e. The zero-order chi connectivity index (χ0) is 74.6. The zero-order valence-electron chi connectivity index (χ0n) is 64.3. The van der Waals surface area contributed by atoms with Crippen molar-refractivity contribution in [1.29, 1.82) is 0 Å². The van der Waals surface area contributed by atoms with Gasteiger partial charge in [0.1, 0.15) is 19.3 Å². The molecule has 0 aromatic heterocycles. The molecule has 0 heterocycles. The summed E-state index contributed by atoms with van der Waals surface area (Å²) in [5.41, 5.74) is 0. The van der Waals surface area contributed by atoms with Gasteiger partial charge in [0.05, 0.1) is 26.4 Å². The van der Waals surface area contributed by atoms with Crippen LogP contribution in [0.1, 0.15) is 336 Å². The fraction of sp³-hybridized carbons (Fsp3) is 0.735. The molecule has 0 aromatic rings. The molecular formula is C83H144O17P2. The molecule has 0 amide bonds. The highest BCUT2D eigenvalue weighted by Gasteiger charge is 2.30. The minimum Gasteiger partial charge on any atom is -0.462 e. The first kappa shape index (κ1) is 97.7. The van der Waals surface area contributed by atoms with Crippen molar-refractivity contribution in [3.8, 4) is 0 Å².